The molecule has 1 aromatic heterocycles. The van der Waals surface area contributed by atoms with Crippen LogP contribution in [0, 0.1) is 11.3 Å². The number of H-pyrrole nitrogens is 1. The van der Waals surface area contributed by atoms with E-state index in [1.807, 2.05) is 37.1 Å². The molecule has 9 rings (SSSR count). The molecule has 1 saturated carbocycles. The first-order valence-corrected chi connectivity index (χ1v) is 21.3. The first-order chi connectivity index (χ1) is 28.2. The van der Waals surface area contributed by atoms with Gasteiger partial charge >= 0.3 is 17.9 Å². The van der Waals surface area contributed by atoms with Crippen molar-refractivity contribution in [1.82, 2.24) is 14.8 Å². The molecule has 3 aromatic rings. The van der Waals surface area contributed by atoms with Gasteiger partial charge < -0.3 is 44.6 Å². The number of nitrogens with one attached hydrogen (secondary N) is 1. The number of benzene rings is 2. The second-order valence-electron chi connectivity index (χ2n) is 18.3. The molecule has 1 spiro atoms. The molecule has 2 bridgehead atoms. The Hall–Kier alpha value is -4.43. The number of nitrogens with zero attached hydrogens (tertiary/aromatic N) is 3. The number of hydrogen-bond donors (Lipinski definition) is 3. The van der Waals surface area contributed by atoms with E-state index < -0.39 is 57.4 Å². The molecule has 2 aromatic carbocycles. The van der Waals surface area contributed by atoms with Crippen LogP contribution >= 0.6 is 0 Å². The van der Waals surface area contributed by atoms with Crippen LogP contribution < -0.4 is 15.4 Å². The average Bonchev–Trinajstić information content (AvgIpc) is 3.90. The number of fused-ring (bicyclic) bond motifs is 6. The first kappa shape index (κ1) is 40.0. The van der Waals surface area contributed by atoms with Crippen molar-refractivity contribution in [1.29, 1.82) is 0 Å². The van der Waals surface area contributed by atoms with Crippen LogP contribution in [0.1, 0.15) is 75.3 Å². The molecule has 2 saturated heterocycles. The van der Waals surface area contributed by atoms with Gasteiger partial charge in [-0.15, -0.1) is 0 Å². The summed E-state index contributed by atoms with van der Waals surface area (Å²) in [4.78, 5) is 53.4. The standard InChI is InChI=1S/C46H59N5O8/c1-8-42(47)23-28-24-45(40(53)57-6,36-30(15-19-50(25-28)26-42)29-13-10-11-14-33(29)48-36)32-21-31-34(22-35(32)56-5)49(4)38-44(31)17-20-51-18-12-16-43(9-2,37(44)51)39(59-27(3)52)46(38,55)41(54)58-7/h10-14,16,21-22,28,37-39,48,55H,8-9,15,17-20,23-26,47H2,1-7H3/t28-,37-,38?,39+,42?,43+,44+,45-,46-/m0/s1. The number of likely N-dealkylation sites (N-methyl/N-ethyl adjacent to an activating group) is 1. The van der Waals surface area contributed by atoms with Crippen molar-refractivity contribution < 1.29 is 38.4 Å². The molecule has 3 fully saturated rings. The lowest BCUT2D eigenvalue weighted by molar-refractivity contribution is -0.228. The van der Waals surface area contributed by atoms with Gasteiger partial charge in [0, 0.05) is 96.5 Å². The van der Waals surface area contributed by atoms with Crippen LogP contribution in [0.4, 0.5) is 5.69 Å². The van der Waals surface area contributed by atoms with E-state index in [4.69, 9.17) is 24.7 Å². The van der Waals surface area contributed by atoms with E-state index >= 15 is 4.79 Å². The molecular weight excluding hydrogens is 751 g/mol. The molecule has 59 heavy (non-hydrogen) atoms. The number of aliphatic hydroxyl groups is 1. The third-order valence-corrected chi connectivity index (χ3v) is 15.7. The Kier molecular flexibility index (Phi) is 9.36. The number of para-hydroxylation sites is 1. The molecule has 10 atom stereocenters. The lowest BCUT2D eigenvalue weighted by Gasteiger charge is -2.63. The number of anilines is 1. The van der Waals surface area contributed by atoms with Crippen molar-refractivity contribution >= 4 is 34.5 Å². The topological polar surface area (TPSA) is 160 Å². The normalized spacial score (nSPS) is 37.0. The van der Waals surface area contributed by atoms with Gasteiger partial charge in [-0.1, -0.05) is 44.2 Å². The number of nitrogens with two attached hydrogens (primary N) is 1. The van der Waals surface area contributed by atoms with Gasteiger partial charge in [-0.2, -0.15) is 0 Å². The van der Waals surface area contributed by atoms with Crippen molar-refractivity contribution in [2.75, 3.05) is 66.0 Å². The molecule has 316 valence electrons. The zero-order valence-corrected chi connectivity index (χ0v) is 35.4. The van der Waals surface area contributed by atoms with Crippen LogP contribution in [0.5, 0.6) is 5.75 Å². The summed E-state index contributed by atoms with van der Waals surface area (Å²) in [6, 6.07) is 11.1. The maximum absolute atomic E-state index is 15.4. The number of aromatic nitrogens is 1. The molecule has 6 heterocycles. The van der Waals surface area contributed by atoms with E-state index in [2.05, 4.69) is 52.1 Å². The van der Waals surface area contributed by atoms with Crippen LogP contribution in [0.25, 0.3) is 10.9 Å². The van der Waals surface area contributed by atoms with E-state index in [-0.39, 0.29) is 12.0 Å². The summed E-state index contributed by atoms with van der Waals surface area (Å²) >= 11 is 0. The number of esters is 3. The fourth-order valence-electron chi connectivity index (χ4n) is 13.6. The summed E-state index contributed by atoms with van der Waals surface area (Å²) in [7, 11) is 6.22. The quantitative estimate of drug-likeness (QED) is 0.180. The molecule has 1 aliphatic carbocycles. The Morgan fingerprint density at radius 2 is 1.75 bits per heavy atom. The van der Waals surface area contributed by atoms with Crippen LogP contribution in [-0.4, -0.2) is 128 Å². The molecule has 5 aliphatic heterocycles. The molecule has 0 radical (unpaired) electrons. The summed E-state index contributed by atoms with van der Waals surface area (Å²) in [5.74, 6) is -1.35. The highest BCUT2D eigenvalue weighted by atomic mass is 16.6. The van der Waals surface area contributed by atoms with E-state index in [0.29, 0.717) is 50.1 Å². The minimum Gasteiger partial charge on any atom is -0.496 e. The number of ether oxygens (including phenoxy) is 4. The van der Waals surface area contributed by atoms with Gasteiger partial charge in [0.1, 0.15) is 11.2 Å². The molecule has 4 N–H and O–H groups in total. The Morgan fingerprint density at radius 3 is 2.44 bits per heavy atom. The summed E-state index contributed by atoms with van der Waals surface area (Å²) in [5.41, 5.74) is 6.35. The second kappa shape index (κ2) is 13.8. The van der Waals surface area contributed by atoms with Gasteiger partial charge in [0.25, 0.3) is 0 Å². The van der Waals surface area contributed by atoms with Gasteiger partial charge in [0.2, 0.25) is 5.60 Å². The molecular formula is C46H59N5O8. The monoisotopic (exact) mass is 809 g/mol. The number of carbonyl (C=O) groups is 3. The Balaban J connectivity index is 1.36. The summed E-state index contributed by atoms with van der Waals surface area (Å²) < 4.78 is 24.0. The van der Waals surface area contributed by atoms with Crippen molar-refractivity contribution in [2.45, 2.75) is 99.5 Å². The van der Waals surface area contributed by atoms with Crippen molar-refractivity contribution in [3.63, 3.8) is 0 Å². The van der Waals surface area contributed by atoms with Gasteiger partial charge in [-0.3, -0.25) is 14.5 Å². The number of aromatic amines is 1. The Bertz CT molecular complexity index is 2260. The zero-order chi connectivity index (χ0) is 41.9. The summed E-state index contributed by atoms with van der Waals surface area (Å²) in [5, 5.41) is 14.4. The van der Waals surface area contributed by atoms with Crippen LogP contribution in [0.2, 0.25) is 0 Å². The third kappa shape index (κ3) is 5.20. The van der Waals surface area contributed by atoms with Crippen molar-refractivity contribution in [2.24, 2.45) is 17.1 Å². The zero-order valence-electron chi connectivity index (χ0n) is 35.4. The molecule has 0 amide bonds. The Labute approximate surface area is 346 Å². The average molecular weight is 810 g/mol. The fourth-order valence-corrected chi connectivity index (χ4v) is 13.6. The van der Waals surface area contributed by atoms with E-state index in [1.165, 1.54) is 21.1 Å². The van der Waals surface area contributed by atoms with Gasteiger partial charge in [0.15, 0.2) is 6.10 Å². The molecule has 3 unspecified atom stereocenters. The highest BCUT2D eigenvalue weighted by Gasteiger charge is 2.80. The van der Waals surface area contributed by atoms with Crippen molar-refractivity contribution in [3.05, 3.63) is 70.9 Å². The van der Waals surface area contributed by atoms with E-state index in [9.17, 15) is 14.7 Å². The van der Waals surface area contributed by atoms with Gasteiger partial charge in [0.05, 0.1) is 27.4 Å². The third-order valence-electron chi connectivity index (χ3n) is 15.7. The SMILES string of the molecule is CCC1(N)C[C@@H]2CN(CCc3c([nH]c4ccccc34)[C@@](C(=O)OC)(c3cc4c(cc3OC)N(C)C3[C@]45CCN4CC=C[C@@](CC)([C@@H](OC(C)=O)[C@]3(O)C(=O)OC)[C@H]45)C2)C1. The fraction of sp³-hybridized carbons (Fsp3) is 0.587. The minimum atomic E-state index is -2.29. The number of piperidine rings is 1. The van der Waals surface area contributed by atoms with E-state index in [1.54, 1.807) is 7.11 Å². The predicted molar refractivity (Wildman–Crippen MR) is 222 cm³/mol. The molecule has 6 aliphatic rings. The summed E-state index contributed by atoms with van der Waals surface area (Å²) in [6.45, 7) is 9.18. The molecule has 13 nitrogen and oxygen atoms in total. The first-order valence-electron chi connectivity index (χ1n) is 21.3. The Morgan fingerprint density at radius 1 is 0.983 bits per heavy atom. The summed E-state index contributed by atoms with van der Waals surface area (Å²) in [6.07, 6.45) is 6.59. The van der Waals surface area contributed by atoms with Crippen LogP contribution in [-0.2, 0) is 45.8 Å². The highest BCUT2D eigenvalue weighted by Crippen LogP contribution is 2.68. The maximum Gasteiger partial charge on any atom is 0.344 e. The van der Waals surface area contributed by atoms with Crippen LogP contribution in [0.3, 0.4) is 0 Å². The lowest BCUT2D eigenvalue weighted by atomic mass is 9.47. The minimum absolute atomic E-state index is 0.0264. The van der Waals surface area contributed by atoms with Gasteiger partial charge in [-0.25, -0.2) is 4.79 Å². The number of methoxy groups -OCH3 is 3. The van der Waals surface area contributed by atoms with Crippen molar-refractivity contribution in [3.8, 4) is 5.75 Å². The maximum atomic E-state index is 15.4. The predicted octanol–water partition coefficient (Wildman–Crippen LogP) is 3.96. The highest BCUT2D eigenvalue weighted by molar-refractivity contribution is 5.95. The smallest absolute Gasteiger partial charge is 0.344 e. The van der Waals surface area contributed by atoms with Crippen LogP contribution in [0.15, 0.2) is 48.6 Å². The number of rotatable bonds is 7. The largest absolute Gasteiger partial charge is 0.496 e. The second-order valence-corrected chi connectivity index (χ2v) is 18.3. The lowest BCUT2D eigenvalue weighted by Crippen LogP contribution is -2.81. The van der Waals surface area contributed by atoms with E-state index in [0.717, 1.165) is 65.9 Å². The number of hydrogen-bond acceptors (Lipinski definition) is 12. The number of carbonyl (C=O) groups excluding carboxylic acids is 3. The molecule has 13 heteroatoms. The van der Waals surface area contributed by atoms with Gasteiger partial charge in [-0.05, 0) is 74.2 Å².